The maximum atomic E-state index is 11.6. The molecule has 0 saturated carbocycles. The van der Waals surface area contributed by atoms with Crippen LogP contribution in [-0.2, 0) is 0 Å². The molecule has 0 radical (unpaired) electrons. The number of hydrogen-bond acceptors (Lipinski definition) is 6. The summed E-state index contributed by atoms with van der Waals surface area (Å²) in [5.74, 6) is 4.77. The molecule has 0 bridgehead atoms. The number of nitrogens with two attached hydrogens (primary N) is 1. The van der Waals surface area contributed by atoms with Gasteiger partial charge in [0.25, 0.3) is 11.5 Å². The number of nitrogens with one attached hydrogen (secondary N) is 2. The molecule has 23 heavy (non-hydrogen) atoms. The average Bonchev–Trinajstić information content (AvgIpc) is 2.54. The number of nitrogens with zero attached hydrogens (tertiary/aromatic N) is 2. The fourth-order valence-corrected chi connectivity index (χ4v) is 1.93. The Labute approximate surface area is 131 Å². The predicted octanol–water partition coefficient (Wildman–Crippen LogP) is 0.699. The van der Waals surface area contributed by atoms with E-state index in [-0.39, 0.29) is 11.7 Å². The summed E-state index contributed by atoms with van der Waals surface area (Å²) in [6.07, 6.45) is -0.0704. The van der Waals surface area contributed by atoms with Crippen LogP contribution in [0.5, 0.6) is 5.75 Å². The van der Waals surface area contributed by atoms with Crippen molar-refractivity contribution in [2.24, 2.45) is 5.84 Å². The van der Waals surface area contributed by atoms with E-state index in [1.807, 2.05) is 25.3 Å². The van der Waals surface area contributed by atoms with E-state index in [1.54, 1.807) is 18.2 Å². The fraction of sp³-hybridized carbons (Fsp3) is 0.200. The van der Waals surface area contributed by atoms with Crippen molar-refractivity contribution in [3.63, 3.8) is 0 Å². The van der Waals surface area contributed by atoms with Crippen LogP contribution in [0.1, 0.15) is 29.8 Å². The average molecular weight is 313 g/mol. The number of aromatic nitrogens is 2. The van der Waals surface area contributed by atoms with Gasteiger partial charge in [-0.3, -0.25) is 15.0 Å². The van der Waals surface area contributed by atoms with Crippen LogP contribution in [0, 0.1) is 11.3 Å². The van der Waals surface area contributed by atoms with E-state index in [0.29, 0.717) is 22.6 Å². The Kier molecular flexibility index (Phi) is 4.73. The van der Waals surface area contributed by atoms with E-state index in [2.05, 4.69) is 10.2 Å². The molecule has 0 spiro atoms. The Morgan fingerprint density at radius 1 is 1.43 bits per heavy atom. The number of aromatic amines is 1. The van der Waals surface area contributed by atoms with E-state index >= 15 is 0 Å². The Balaban J connectivity index is 2.49. The topological polar surface area (TPSA) is 134 Å². The Morgan fingerprint density at radius 2 is 2.17 bits per heavy atom. The van der Waals surface area contributed by atoms with Crippen LogP contribution in [0.15, 0.2) is 29.1 Å². The number of H-pyrrole nitrogens is 1. The van der Waals surface area contributed by atoms with Crippen LogP contribution in [-0.4, -0.2) is 22.2 Å². The standard InChI is InChI=1S/C15H15N5O3/c1-8(2)23-13-4-3-9(5-10(13)7-16)12-6-11(14(21)18-17)15(22)20-19-12/h3-6,8H,17H2,1-2H3,(H,18,21)(H,20,22). The van der Waals surface area contributed by atoms with Crippen molar-refractivity contribution in [1.82, 2.24) is 15.6 Å². The van der Waals surface area contributed by atoms with E-state index < -0.39 is 11.5 Å². The number of carbonyl (C=O) groups excluding carboxylic acids is 1. The minimum Gasteiger partial charge on any atom is -0.490 e. The number of nitriles is 1. The molecule has 1 aromatic heterocycles. The summed E-state index contributed by atoms with van der Waals surface area (Å²) in [6.45, 7) is 3.71. The number of amides is 1. The van der Waals surface area contributed by atoms with Gasteiger partial charge in [0, 0.05) is 5.56 Å². The first-order valence-corrected chi connectivity index (χ1v) is 6.78. The summed E-state index contributed by atoms with van der Waals surface area (Å²) in [4.78, 5) is 23.2. The van der Waals surface area contributed by atoms with Crippen LogP contribution in [0.3, 0.4) is 0 Å². The first-order chi connectivity index (χ1) is 11.0. The number of hydrazine groups is 1. The molecule has 8 heteroatoms. The van der Waals surface area contributed by atoms with Gasteiger partial charge < -0.3 is 4.74 Å². The van der Waals surface area contributed by atoms with Crippen LogP contribution < -0.4 is 21.6 Å². The molecule has 0 aliphatic heterocycles. The minimum absolute atomic E-state index is 0.0704. The monoisotopic (exact) mass is 313 g/mol. The molecule has 1 aromatic carbocycles. The van der Waals surface area contributed by atoms with Gasteiger partial charge in [0.05, 0.1) is 17.4 Å². The Hall–Kier alpha value is -3.18. The molecule has 2 rings (SSSR count). The third-order valence-corrected chi connectivity index (χ3v) is 2.94. The molecule has 4 N–H and O–H groups in total. The van der Waals surface area contributed by atoms with E-state index in [0.717, 1.165) is 0 Å². The van der Waals surface area contributed by atoms with Gasteiger partial charge >= 0.3 is 0 Å². The van der Waals surface area contributed by atoms with Crippen molar-refractivity contribution >= 4 is 5.91 Å². The minimum atomic E-state index is -0.727. The van der Waals surface area contributed by atoms with Gasteiger partial charge in [-0.1, -0.05) is 0 Å². The molecule has 0 saturated heterocycles. The van der Waals surface area contributed by atoms with Crippen molar-refractivity contribution in [2.45, 2.75) is 20.0 Å². The highest BCUT2D eigenvalue weighted by atomic mass is 16.5. The van der Waals surface area contributed by atoms with E-state index in [1.165, 1.54) is 6.07 Å². The third-order valence-electron chi connectivity index (χ3n) is 2.94. The number of rotatable bonds is 4. The van der Waals surface area contributed by atoms with Crippen LogP contribution in [0.2, 0.25) is 0 Å². The maximum Gasteiger partial charge on any atom is 0.277 e. The van der Waals surface area contributed by atoms with Crippen molar-refractivity contribution < 1.29 is 9.53 Å². The molecule has 0 unspecified atom stereocenters. The molecule has 1 amide bonds. The smallest absolute Gasteiger partial charge is 0.277 e. The highest BCUT2D eigenvalue weighted by Crippen LogP contribution is 2.25. The molecule has 0 atom stereocenters. The zero-order valence-electron chi connectivity index (χ0n) is 12.6. The number of carbonyl (C=O) groups is 1. The number of ether oxygens (including phenoxy) is 1. The second-order valence-electron chi connectivity index (χ2n) is 4.96. The normalized spacial score (nSPS) is 10.2. The Morgan fingerprint density at radius 3 is 2.78 bits per heavy atom. The summed E-state index contributed by atoms with van der Waals surface area (Å²) in [6, 6.07) is 8.25. The van der Waals surface area contributed by atoms with Gasteiger partial charge in [-0.2, -0.15) is 10.4 Å². The number of nitrogen functional groups attached to an aromatic ring is 1. The van der Waals surface area contributed by atoms with E-state index in [4.69, 9.17) is 10.6 Å². The highest BCUT2D eigenvalue weighted by molar-refractivity contribution is 5.94. The van der Waals surface area contributed by atoms with Gasteiger partial charge in [0.1, 0.15) is 17.4 Å². The zero-order chi connectivity index (χ0) is 17.0. The molecule has 0 aliphatic carbocycles. The van der Waals surface area contributed by atoms with Crippen molar-refractivity contribution in [3.8, 4) is 23.1 Å². The maximum absolute atomic E-state index is 11.6. The molecular weight excluding hydrogens is 298 g/mol. The number of benzene rings is 1. The lowest BCUT2D eigenvalue weighted by Gasteiger charge is -2.12. The van der Waals surface area contributed by atoms with Gasteiger partial charge in [-0.25, -0.2) is 10.9 Å². The second-order valence-corrected chi connectivity index (χ2v) is 4.96. The van der Waals surface area contributed by atoms with Crippen LogP contribution in [0.4, 0.5) is 0 Å². The van der Waals surface area contributed by atoms with Crippen LogP contribution in [0.25, 0.3) is 11.3 Å². The summed E-state index contributed by atoms with van der Waals surface area (Å²) in [7, 11) is 0. The number of hydrogen-bond donors (Lipinski definition) is 3. The Bertz CT molecular complexity index is 836. The highest BCUT2D eigenvalue weighted by Gasteiger charge is 2.14. The lowest BCUT2D eigenvalue weighted by Crippen LogP contribution is -2.34. The third kappa shape index (κ3) is 3.53. The van der Waals surface area contributed by atoms with Crippen molar-refractivity contribution in [2.75, 3.05) is 0 Å². The summed E-state index contributed by atoms with van der Waals surface area (Å²) >= 11 is 0. The van der Waals surface area contributed by atoms with Crippen LogP contribution >= 0.6 is 0 Å². The van der Waals surface area contributed by atoms with Crippen molar-refractivity contribution in [3.05, 3.63) is 45.7 Å². The molecule has 2 aromatic rings. The molecule has 0 aliphatic rings. The quantitative estimate of drug-likeness (QED) is 0.432. The summed E-state index contributed by atoms with van der Waals surface area (Å²) < 4.78 is 5.54. The summed E-state index contributed by atoms with van der Waals surface area (Å²) in [5.41, 5.74) is 2.28. The SMILES string of the molecule is CC(C)Oc1ccc(-c2cc(C(=O)NN)c(=O)[nH]n2)cc1C#N. The molecular formula is C15H15N5O3. The van der Waals surface area contributed by atoms with Gasteiger partial charge in [0.2, 0.25) is 0 Å². The molecule has 1 heterocycles. The predicted molar refractivity (Wildman–Crippen MR) is 82.4 cm³/mol. The lowest BCUT2D eigenvalue weighted by atomic mass is 10.1. The molecule has 8 nitrogen and oxygen atoms in total. The largest absolute Gasteiger partial charge is 0.490 e. The fourth-order valence-electron chi connectivity index (χ4n) is 1.93. The lowest BCUT2D eigenvalue weighted by molar-refractivity contribution is 0.0952. The van der Waals surface area contributed by atoms with Crippen molar-refractivity contribution in [1.29, 1.82) is 5.26 Å². The van der Waals surface area contributed by atoms with E-state index in [9.17, 15) is 14.9 Å². The molecule has 118 valence electrons. The van der Waals surface area contributed by atoms with Gasteiger partial charge in [0.15, 0.2) is 0 Å². The second kappa shape index (κ2) is 6.72. The summed E-state index contributed by atoms with van der Waals surface area (Å²) in [5, 5.41) is 15.4. The van der Waals surface area contributed by atoms with Gasteiger partial charge in [-0.05, 0) is 38.1 Å². The first-order valence-electron chi connectivity index (χ1n) is 6.78. The van der Waals surface area contributed by atoms with Gasteiger partial charge in [-0.15, -0.1) is 0 Å². The molecule has 0 fully saturated rings. The first kappa shape index (κ1) is 16.2. The zero-order valence-corrected chi connectivity index (χ0v) is 12.6.